The maximum absolute atomic E-state index is 5.73. The van der Waals surface area contributed by atoms with E-state index in [0.717, 1.165) is 15.9 Å². The Kier molecular flexibility index (Phi) is 3.91. The Balaban J connectivity index is 1.99. The van der Waals surface area contributed by atoms with Crippen LogP contribution in [0.25, 0.3) is 0 Å². The highest BCUT2D eigenvalue weighted by atomic mass is 79.9. The molecule has 0 atom stereocenters. The van der Waals surface area contributed by atoms with E-state index < -0.39 is 0 Å². The third kappa shape index (κ3) is 3.29. The van der Waals surface area contributed by atoms with Gasteiger partial charge in [0.25, 0.3) is 0 Å². The summed E-state index contributed by atoms with van der Waals surface area (Å²) in [6, 6.07) is 16.4. The Hall–Kier alpha value is -0.930. The lowest BCUT2D eigenvalue weighted by molar-refractivity contribution is 1.38. The molecule has 0 aromatic heterocycles. The van der Waals surface area contributed by atoms with Crippen molar-refractivity contribution in [2.45, 2.75) is 10.6 Å². The van der Waals surface area contributed by atoms with Gasteiger partial charge in [-0.1, -0.05) is 34.1 Å². The molecular formula is C13H12BrNS. The molecule has 0 radical (unpaired) electrons. The Morgan fingerprint density at radius 2 is 1.81 bits per heavy atom. The summed E-state index contributed by atoms with van der Waals surface area (Å²) in [5.74, 6) is 0.969. The maximum Gasteiger partial charge on any atom is 0.0325 e. The summed E-state index contributed by atoms with van der Waals surface area (Å²) in [4.78, 5) is 1.21. The number of anilines is 1. The third-order valence-electron chi connectivity index (χ3n) is 2.18. The Bertz CT molecular complexity index is 468. The molecule has 0 fully saturated rings. The lowest BCUT2D eigenvalue weighted by atomic mass is 10.2. The van der Waals surface area contributed by atoms with Gasteiger partial charge in [-0.25, -0.2) is 0 Å². The molecule has 2 N–H and O–H groups in total. The second-order valence-corrected chi connectivity index (χ2v) is 5.45. The van der Waals surface area contributed by atoms with Crippen LogP contribution in [0.3, 0.4) is 0 Å². The SMILES string of the molecule is Nc1cccc(SCc2ccc(Br)cc2)c1. The van der Waals surface area contributed by atoms with Gasteiger partial charge in [0, 0.05) is 20.8 Å². The van der Waals surface area contributed by atoms with Gasteiger partial charge in [0.15, 0.2) is 0 Å². The van der Waals surface area contributed by atoms with Crippen molar-refractivity contribution in [3.8, 4) is 0 Å². The lowest BCUT2D eigenvalue weighted by Gasteiger charge is -2.03. The molecule has 0 aliphatic heterocycles. The number of thioether (sulfide) groups is 1. The number of halogens is 1. The van der Waals surface area contributed by atoms with Gasteiger partial charge in [0.2, 0.25) is 0 Å². The number of rotatable bonds is 3. The summed E-state index contributed by atoms with van der Waals surface area (Å²) >= 11 is 5.23. The molecule has 2 rings (SSSR count). The minimum absolute atomic E-state index is 0.820. The zero-order valence-electron chi connectivity index (χ0n) is 8.69. The quantitative estimate of drug-likeness (QED) is 0.674. The first-order chi connectivity index (χ1) is 7.74. The Morgan fingerprint density at radius 1 is 1.06 bits per heavy atom. The van der Waals surface area contributed by atoms with Crippen molar-refractivity contribution in [3.05, 3.63) is 58.6 Å². The molecule has 0 saturated heterocycles. The van der Waals surface area contributed by atoms with Crippen LogP contribution in [0.1, 0.15) is 5.56 Å². The molecule has 82 valence electrons. The summed E-state index contributed by atoms with van der Waals surface area (Å²) in [6.07, 6.45) is 0. The fraction of sp³-hybridized carbons (Fsp3) is 0.0769. The normalized spacial score (nSPS) is 10.3. The predicted octanol–water partition coefficient (Wildman–Crippen LogP) is 4.32. The maximum atomic E-state index is 5.73. The van der Waals surface area contributed by atoms with Gasteiger partial charge >= 0.3 is 0 Å². The lowest BCUT2D eigenvalue weighted by Crippen LogP contribution is -1.84. The van der Waals surface area contributed by atoms with Crippen LogP contribution in [-0.2, 0) is 5.75 Å². The van der Waals surface area contributed by atoms with Crippen molar-refractivity contribution in [2.24, 2.45) is 0 Å². The first-order valence-corrected chi connectivity index (χ1v) is 6.75. The van der Waals surface area contributed by atoms with Crippen LogP contribution in [0.5, 0.6) is 0 Å². The van der Waals surface area contributed by atoms with Gasteiger partial charge in [-0.15, -0.1) is 11.8 Å². The predicted molar refractivity (Wildman–Crippen MR) is 74.6 cm³/mol. The van der Waals surface area contributed by atoms with Crippen LogP contribution in [0.4, 0.5) is 5.69 Å². The van der Waals surface area contributed by atoms with Crippen LogP contribution in [-0.4, -0.2) is 0 Å². The smallest absolute Gasteiger partial charge is 0.0325 e. The molecular weight excluding hydrogens is 282 g/mol. The summed E-state index contributed by atoms with van der Waals surface area (Å²) in [5.41, 5.74) is 7.86. The van der Waals surface area contributed by atoms with Gasteiger partial charge < -0.3 is 5.73 Å². The first kappa shape index (κ1) is 11.6. The zero-order chi connectivity index (χ0) is 11.4. The Labute approximate surface area is 108 Å². The molecule has 0 saturated carbocycles. The standard InChI is InChI=1S/C13H12BrNS/c14-11-6-4-10(5-7-11)9-16-13-3-1-2-12(15)8-13/h1-8H,9,15H2. The Morgan fingerprint density at radius 3 is 2.50 bits per heavy atom. The number of nitrogens with two attached hydrogens (primary N) is 1. The summed E-state index contributed by atoms with van der Waals surface area (Å²) < 4.78 is 1.12. The molecule has 0 aliphatic rings. The van der Waals surface area contributed by atoms with E-state index in [2.05, 4.69) is 46.3 Å². The van der Waals surface area contributed by atoms with E-state index in [1.165, 1.54) is 10.5 Å². The zero-order valence-corrected chi connectivity index (χ0v) is 11.1. The van der Waals surface area contributed by atoms with Crippen LogP contribution in [0.15, 0.2) is 57.9 Å². The summed E-state index contributed by atoms with van der Waals surface area (Å²) in [6.45, 7) is 0. The van der Waals surface area contributed by atoms with E-state index in [1.54, 1.807) is 11.8 Å². The van der Waals surface area contributed by atoms with Crippen LogP contribution >= 0.6 is 27.7 Å². The number of nitrogen functional groups attached to an aromatic ring is 1. The molecule has 2 aromatic rings. The van der Waals surface area contributed by atoms with Gasteiger partial charge in [-0.3, -0.25) is 0 Å². The highest BCUT2D eigenvalue weighted by Crippen LogP contribution is 2.24. The number of benzene rings is 2. The van der Waals surface area contributed by atoms with Crippen molar-refractivity contribution >= 4 is 33.4 Å². The molecule has 0 amide bonds. The van der Waals surface area contributed by atoms with Crippen molar-refractivity contribution in [1.29, 1.82) is 0 Å². The molecule has 0 bridgehead atoms. The van der Waals surface area contributed by atoms with E-state index in [4.69, 9.17) is 5.73 Å². The van der Waals surface area contributed by atoms with E-state index in [0.29, 0.717) is 0 Å². The monoisotopic (exact) mass is 293 g/mol. The van der Waals surface area contributed by atoms with Crippen molar-refractivity contribution in [1.82, 2.24) is 0 Å². The number of hydrogen-bond acceptors (Lipinski definition) is 2. The van der Waals surface area contributed by atoms with Crippen LogP contribution in [0, 0.1) is 0 Å². The van der Waals surface area contributed by atoms with Crippen LogP contribution < -0.4 is 5.73 Å². The van der Waals surface area contributed by atoms with Gasteiger partial charge in [0.1, 0.15) is 0 Å². The average Bonchev–Trinajstić information content (AvgIpc) is 2.28. The van der Waals surface area contributed by atoms with Crippen molar-refractivity contribution in [3.63, 3.8) is 0 Å². The summed E-state index contributed by atoms with van der Waals surface area (Å²) in [5, 5.41) is 0. The van der Waals surface area contributed by atoms with E-state index in [-0.39, 0.29) is 0 Å². The molecule has 0 unspecified atom stereocenters. The highest BCUT2D eigenvalue weighted by molar-refractivity contribution is 9.10. The minimum atomic E-state index is 0.820. The van der Waals surface area contributed by atoms with E-state index >= 15 is 0 Å². The van der Waals surface area contributed by atoms with Gasteiger partial charge in [0.05, 0.1) is 0 Å². The van der Waals surface area contributed by atoms with Crippen molar-refractivity contribution < 1.29 is 0 Å². The average molecular weight is 294 g/mol. The minimum Gasteiger partial charge on any atom is -0.399 e. The fourth-order valence-corrected chi connectivity index (χ4v) is 2.54. The molecule has 0 heterocycles. The van der Waals surface area contributed by atoms with Gasteiger partial charge in [-0.05, 0) is 35.9 Å². The molecule has 1 nitrogen and oxygen atoms in total. The van der Waals surface area contributed by atoms with E-state index in [9.17, 15) is 0 Å². The molecule has 0 spiro atoms. The van der Waals surface area contributed by atoms with Gasteiger partial charge in [-0.2, -0.15) is 0 Å². The van der Waals surface area contributed by atoms with Crippen LogP contribution in [0.2, 0.25) is 0 Å². The number of hydrogen-bond donors (Lipinski definition) is 1. The molecule has 0 aliphatic carbocycles. The fourth-order valence-electron chi connectivity index (χ4n) is 1.35. The topological polar surface area (TPSA) is 26.0 Å². The molecule has 3 heteroatoms. The van der Waals surface area contributed by atoms with Crippen molar-refractivity contribution in [2.75, 3.05) is 5.73 Å². The summed E-state index contributed by atoms with van der Waals surface area (Å²) in [7, 11) is 0. The van der Waals surface area contributed by atoms with E-state index in [1.807, 2.05) is 18.2 Å². The first-order valence-electron chi connectivity index (χ1n) is 4.97. The largest absolute Gasteiger partial charge is 0.399 e. The molecule has 2 aromatic carbocycles. The second kappa shape index (κ2) is 5.41. The third-order valence-corrected chi connectivity index (χ3v) is 3.77. The highest BCUT2D eigenvalue weighted by Gasteiger charge is 1.97. The second-order valence-electron chi connectivity index (χ2n) is 3.49. The molecule has 16 heavy (non-hydrogen) atoms.